The van der Waals surface area contributed by atoms with Crippen LogP contribution in [0.5, 0.6) is 0 Å². The van der Waals surface area contributed by atoms with Crippen molar-refractivity contribution >= 4 is 16.8 Å². The molecule has 0 radical (unpaired) electrons. The van der Waals surface area contributed by atoms with Crippen LogP contribution < -0.4 is 0 Å². The number of carbonyl (C=O) groups excluding carboxylic acids is 1. The number of Topliss-reactive ketones (excluding diaryl/α,β-unsaturated/α-hetero) is 1. The van der Waals surface area contributed by atoms with Crippen LogP contribution in [0.1, 0.15) is 24.5 Å². The van der Waals surface area contributed by atoms with Crippen LogP contribution >= 0.6 is 0 Å². The Morgan fingerprint density at radius 1 is 1.31 bits per heavy atom. The number of ketones is 1. The van der Waals surface area contributed by atoms with Crippen LogP contribution in [0.15, 0.2) is 12.1 Å². The van der Waals surface area contributed by atoms with Crippen molar-refractivity contribution in [3.05, 3.63) is 23.3 Å². The van der Waals surface area contributed by atoms with Gasteiger partial charge in [0.05, 0.1) is 12.1 Å². The first-order valence-corrected chi connectivity index (χ1v) is 5.38. The van der Waals surface area contributed by atoms with Gasteiger partial charge in [0.1, 0.15) is 11.3 Å². The van der Waals surface area contributed by atoms with Crippen molar-refractivity contribution in [3.63, 3.8) is 0 Å². The Kier molecular flexibility index (Phi) is 2.73. The fourth-order valence-electron chi connectivity index (χ4n) is 1.65. The highest BCUT2D eigenvalue weighted by Gasteiger charge is 2.06. The predicted molar refractivity (Wildman–Crippen MR) is 62.3 cm³/mol. The smallest absolute Gasteiger partial charge is 0.131 e. The lowest BCUT2D eigenvalue weighted by molar-refractivity contribution is -0.117. The van der Waals surface area contributed by atoms with Crippen LogP contribution in [0.2, 0.25) is 0 Å². The zero-order valence-corrected chi connectivity index (χ0v) is 9.82. The molecule has 0 fully saturated rings. The van der Waals surface area contributed by atoms with Crippen molar-refractivity contribution in [3.8, 4) is 0 Å². The molecule has 0 saturated heterocycles. The Hall–Kier alpha value is -1.71. The summed E-state index contributed by atoms with van der Waals surface area (Å²) in [5, 5.41) is 8.16. The number of hydrogen-bond acceptors (Lipinski definition) is 3. The minimum absolute atomic E-state index is 0.174. The predicted octanol–water partition coefficient (Wildman–Crippen LogP) is 2.03. The summed E-state index contributed by atoms with van der Waals surface area (Å²) in [6.07, 6.45) is 0.505. The van der Waals surface area contributed by atoms with E-state index in [2.05, 4.69) is 30.2 Å². The van der Waals surface area contributed by atoms with Crippen LogP contribution in [-0.2, 0) is 11.3 Å². The van der Waals surface area contributed by atoms with Crippen molar-refractivity contribution in [2.45, 2.75) is 33.7 Å². The molecule has 0 spiro atoms. The molecule has 0 saturated carbocycles. The molecule has 0 bridgehead atoms. The number of hydrogen-bond donors (Lipinski definition) is 0. The number of aryl methyl sites for hydroxylation is 3. The van der Waals surface area contributed by atoms with Crippen LogP contribution in [0, 0.1) is 13.8 Å². The first kappa shape index (κ1) is 10.8. The molecule has 0 aliphatic carbocycles. The van der Waals surface area contributed by atoms with E-state index in [1.165, 1.54) is 11.1 Å². The first-order valence-electron chi connectivity index (χ1n) is 5.38. The summed E-state index contributed by atoms with van der Waals surface area (Å²) in [5.74, 6) is 0.174. The molecule has 1 aromatic carbocycles. The van der Waals surface area contributed by atoms with E-state index >= 15 is 0 Å². The van der Waals surface area contributed by atoms with Crippen molar-refractivity contribution < 1.29 is 4.79 Å². The molecule has 2 rings (SSSR count). The third-order valence-corrected chi connectivity index (χ3v) is 2.81. The Balaban J connectivity index is 2.40. The van der Waals surface area contributed by atoms with Crippen molar-refractivity contribution in [1.29, 1.82) is 0 Å². The third kappa shape index (κ3) is 1.96. The molecule has 1 aromatic heterocycles. The van der Waals surface area contributed by atoms with Gasteiger partial charge in [0.25, 0.3) is 0 Å². The van der Waals surface area contributed by atoms with Gasteiger partial charge in [-0.15, -0.1) is 5.10 Å². The second kappa shape index (κ2) is 4.04. The minimum Gasteiger partial charge on any atom is -0.300 e. The van der Waals surface area contributed by atoms with Gasteiger partial charge in [-0.1, -0.05) is 5.21 Å². The minimum atomic E-state index is 0.174. The van der Waals surface area contributed by atoms with E-state index in [9.17, 15) is 4.79 Å². The largest absolute Gasteiger partial charge is 0.300 e. The first-order chi connectivity index (χ1) is 7.58. The van der Waals surface area contributed by atoms with E-state index in [0.717, 1.165) is 11.0 Å². The van der Waals surface area contributed by atoms with E-state index in [4.69, 9.17) is 0 Å². The monoisotopic (exact) mass is 217 g/mol. The molecular formula is C12H15N3O. The summed E-state index contributed by atoms with van der Waals surface area (Å²) in [6, 6.07) is 4.10. The number of aromatic nitrogens is 3. The highest BCUT2D eigenvalue weighted by Crippen LogP contribution is 2.17. The molecule has 84 valence electrons. The van der Waals surface area contributed by atoms with E-state index < -0.39 is 0 Å². The molecule has 0 unspecified atom stereocenters. The van der Waals surface area contributed by atoms with Gasteiger partial charge in [0.15, 0.2) is 0 Å². The average Bonchev–Trinajstić information content (AvgIpc) is 2.58. The number of rotatable bonds is 3. The topological polar surface area (TPSA) is 47.8 Å². The lowest BCUT2D eigenvalue weighted by atomic mass is 10.1. The Labute approximate surface area is 94.3 Å². The van der Waals surface area contributed by atoms with E-state index in [0.29, 0.717) is 13.0 Å². The fourth-order valence-corrected chi connectivity index (χ4v) is 1.65. The molecule has 4 nitrogen and oxygen atoms in total. The second-order valence-corrected chi connectivity index (χ2v) is 4.19. The zero-order chi connectivity index (χ0) is 11.7. The number of nitrogens with zero attached hydrogens (tertiary/aromatic N) is 3. The van der Waals surface area contributed by atoms with E-state index in [1.807, 2.05) is 6.07 Å². The molecular weight excluding hydrogens is 202 g/mol. The standard InChI is InChI=1S/C12H15N3O/c1-8-6-11-12(7-9(8)2)15(14-13-11)5-4-10(3)16/h6-7H,4-5H2,1-3H3. The molecule has 1 heterocycles. The van der Waals surface area contributed by atoms with Gasteiger partial charge in [-0.05, 0) is 44.0 Å². The lowest BCUT2D eigenvalue weighted by Crippen LogP contribution is -2.04. The summed E-state index contributed by atoms with van der Waals surface area (Å²) in [6.45, 7) is 6.32. The molecule has 0 aliphatic heterocycles. The highest BCUT2D eigenvalue weighted by molar-refractivity contribution is 5.77. The van der Waals surface area contributed by atoms with Crippen LogP contribution in [0.3, 0.4) is 0 Å². The number of benzene rings is 1. The Morgan fingerprint density at radius 2 is 2.00 bits per heavy atom. The Morgan fingerprint density at radius 3 is 2.69 bits per heavy atom. The summed E-state index contributed by atoms with van der Waals surface area (Å²) >= 11 is 0. The highest BCUT2D eigenvalue weighted by atomic mass is 16.1. The summed E-state index contributed by atoms with van der Waals surface area (Å²) in [4.78, 5) is 10.9. The van der Waals surface area contributed by atoms with Gasteiger partial charge in [-0.25, -0.2) is 4.68 Å². The Bertz CT molecular complexity index is 542. The van der Waals surface area contributed by atoms with Gasteiger partial charge < -0.3 is 0 Å². The maximum Gasteiger partial charge on any atom is 0.131 e. The molecule has 0 amide bonds. The molecule has 0 atom stereocenters. The molecule has 0 aliphatic rings. The van der Waals surface area contributed by atoms with Crippen molar-refractivity contribution in [2.24, 2.45) is 0 Å². The SMILES string of the molecule is CC(=O)CCn1nnc2cc(C)c(C)cc21. The van der Waals surface area contributed by atoms with E-state index in [-0.39, 0.29) is 5.78 Å². The molecule has 2 aromatic rings. The van der Waals surface area contributed by atoms with Gasteiger partial charge in [0.2, 0.25) is 0 Å². The summed E-state index contributed by atoms with van der Waals surface area (Å²) < 4.78 is 1.79. The second-order valence-electron chi connectivity index (χ2n) is 4.19. The summed E-state index contributed by atoms with van der Waals surface area (Å²) in [7, 11) is 0. The number of carbonyl (C=O) groups is 1. The quantitative estimate of drug-likeness (QED) is 0.790. The molecule has 4 heteroatoms. The third-order valence-electron chi connectivity index (χ3n) is 2.81. The molecule has 0 N–H and O–H groups in total. The lowest BCUT2D eigenvalue weighted by Gasteiger charge is -2.02. The zero-order valence-electron chi connectivity index (χ0n) is 9.82. The normalized spacial score (nSPS) is 10.9. The van der Waals surface area contributed by atoms with Gasteiger partial charge in [-0.2, -0.15) is 0 Å². The summed E-state index contributed by atoms with van der Waals surface area (Å²) in [5.41, 5.74) is 4.33. The fraction of sp³-hybridized carbons (Fsp3) is 0.417. The van der Waals surface area contributed by atoms with Crippen LogP contribution in [-0.4, -0.2) is 20.8 Å². The van der Waals surface area contributed by atoms with Gasteiger partial charge in [0, 0.05) is 6.42 Å². The molecule has 16 heavy (non-hydrogen) atoms. The van der Waals surface area contributed by atoms with Gasteiger partial charge >= 0.3 is 0 Å². The van der Waals surface area contributed by atoms with Crippen LogP contribution in [0.25, 0.3) is 11.0 Å². The van der Waals surface area contributed by atoms with Gasteiger partial charge in [-0.3, -0.25) is 4.79 Å². The maximum atomic E-state index is 10.9. The van der Waals surface area contributed by atoms with Crippen molar-refractivity contribution in [2.75, 3.05) is 0 Å². The maximum absolute atomic E-state index is 10.9. The average molecular weight is 217 g/mol. The van der Waals surface area contributed by atoms with Crippen LogP contribution in [0.4, 0.5) is 0 Å². The van der Waals surface area contributed by atoms with E-state index in [1.54, 1.807) is 11.6 Å². The van der Waals surface area contributed by atoms with Crippen molar-refractivity contribution in [1.82, 2.24) is 15.0 Å². The number of fused-ring (bicyclic) bond motifs is 1.